The first kappa shape index (κ1) is 42.6. The molecule has 12 atom stereocenters. The lowest BCUT2D eigenvalue weighted by Crippen LogP contribution is -2.35. The Balaban J connectivity index is 0.000000200. The number of benzene rings is 3. The molecule has 3 aromatic carbocycles. The largest absolute Gasteiger partial charge is 0.456 e. The fourth-order valence-corrected chi connectivity index (χ4v) is 6.71. The highest BCUT2D eigenvalue weighted by molar-refractivity contribution is 5.90. The molecule has 54 heavy (non-hydrogen) atoms. The van der Waals surface area contributed by atoms with Gasteiger partial charge in [-0.2, -0.15) is 0 Å². The summed E-state index contributed by atoms with van der Waals surface area (Å²) in [6, 6.07) is 26.5. The topological polar surface area (TPSA) is 167 Å². The monoisotopic (exact) mass is 750 g/mol. The Hall–Kier alpha value is -4.17. The van der Waals surface area contributed by atoms with Crippen LogP contribution in [0.5, 0.6) is 0 Å². The van der Waals surface area contributed by atoms with Crippen molar-refractivity contribution in [1.82, 2.24) is 0 Å². The number of hydrogen-bond donors (Lipinski definition) is 3. The first-order valence-corrected chi connectivity index (χ1v) is 18.6. The molecule has 6 rings (SSSR count). The second kappa shape index (κ2) is 20.5. The van der Waals surface area contributed by atoms with Gasteiger partial charge in [-0.05, 0) is 63.1 Å². The molecule has 0 saturated carbocycles. The molecule has 3 heterocycles. The first-order chi connectivity index (χ1) is 25.9. The molecule has 0 bridgehead atoms. The standard InChI is InChI=1S/C21H22O5.C15H20O3.C6H12O4/c1-3-17-14(2)18(25-19(22)15-10-6-4-7-11-15)21(24-17)26-20(23)16-12-8-5-9-13-16;1-4-13-10(2)14(11(3)17-13)18-15(16)12-8-6-5-7-9-12;1-3-5(8)6(9)4(2-7)10-3/h4-14,17-18,21H,3H2,1-2H3;5-11,13-14H,4H2,1-3H3;3-9H,2H2,1H3/t14-,17-,18-,21?;10-,11+,13-,14-;3-,4+,5-,6+/m001/s1. The van der Waals surface area contributed by atoms with E-state index in [0.29, 0.717) is 16.7 Å². The Labute approximate surface area is 317 Å². The van der Waals surface area contributed by atoms with Gasteiger partial charge in [-0.25, -0.2) is 14.4 Å². The van der Waals surface area contributed by atoms with Crippen molar-refractivity contribution in [2.45, 2.75) is 116 Å². The van der Waals surface area contributed by atoms with E-state index in [2.05, 4.69) is 13.8 Å². The van der Waals surface area contributed by atoms with E-state index in [-0.39, 0.29) is 54.9 Å². The predicted octanol–water partition coefficient (Wildman–Crippen LogP) is 5.37. The van der Waals surface area contributed by atoms with Gasteiger partial charge in [0.15, 0.2) is 6.10 Å². The summed E-state index contributed by atoms with van der Waals surface area (Å²) < 4.78 is 33.4. The Kier molecular flexibility index (Phi) is 16.2. The lowest BCUT2D eigenvalue weighted by Gasteiger charge is -2.21. The fraction of sp³-hybridized carbons (Fsp3) is 0.500. The average molecular weight is 751 g/mol. The van der Waals surface area contributed by atoms with E-state index < -0.39 is 42.6 Å². The molecule has 3 N–H and O–H groups in total. The molecule has 3 saturated heterocycles. The Morgan fingerprint density at radius 3 is 1.30 bits per heavy atom. The molecule has 3 aliphatic heterocycles. The smallest absolute Gasteiger partial charge is 0.340 e. The Bertz CT molecular complexity index is 1590. The second-order valence-electron chi connectivity index (χ2n) is 13.7. The Morgan fingerprint density at radius 2 is 0.926 bits per heavy atom. The van der Waals surface area contributed by atoms with Crippen LogP contribution in [0.15, 0.2) is 91.0 Å². The second-order valence-corrected chi connectivity index (χ2v) is 13.7. The number of carbonyl (C=O) groups excluding carboxylic acids is 3. The molecule has 0 radical (unpaired) electrons. The molecular formula is C42H54O12. The van der Waals surface area contributed by atoms with Gasteiger partial charge in [0.05, 0.1) is 47.7 Å². The zero-order valence-corrected chi connectivity index (χ0v) is 31.7. The van der Waals surface area contributed by atoms with Crippen molar-refractivity contribution < 1.29 is 58.1 Å². The number of aliphatic hydroxyl groups is 3. The van der Waals surface area contributed by atoms with Crippen molar-refractivity contribution >= 4 is 17.9 Å². The zero-order chi connectivity index (χ0) is 39.4. The quantitative estimate of drug-likeness (QED) is 0.189. The number of ether oxygens (including phenoxy) is 6. The molecule has 0 amide bonds. The van der Waals surface area contributed by atoms with E-state index in [1.807, 2.05) is 51.1 Å². The highest BCUT2D eigenvalue weighted by Gasteiger charge is 2.46. The summed E-state index contributed by atoms with van der Waals surface area (Å²) in [5, 5.41) is 26.8. The summed E-state index contributed by atoms with van der Waals surface area (Å²) in [6.07, 6.45) is -2.83. The molecule has 12 nitrogen and oxygen atoms in total. The number of esters is 3. The molecule has 0 spiro atoms. The molecule has 3 aliphatic rings. The molecule has 1 unspecified atom stereocenters. The highest BCUT2D eigenvalue weighted by Crippen LogP contribution is 2.33. The van der Waals surface area contributed by atoms with Crippen molar-refractivity contribution in [3.8, 4) is 0 Å². The fourth-order valence-electron chi connectivity index (χ4n) is 6.71. The third-order valence-electron chi connectivity index (χ3n) is 9.96. The van der Waals surface area contributed by atoms with Crippen LogP contribution >= 0.6 is 0 Å². The third-order valence-corrected chi connectivity index (χ3v) is 9.96. The number of carbonyl (C=O) groups is 3. The van der Waals surface area contributed by atoms with Gasteiger partial charge in [0.1, 0.15) is 24.4 Å². The van der Waals surface area contributed by atoms with Gasteiger partial charge < -0.3 is 43.7 Å². The average Bonchev–Trinajstić information content (AvgIpc) is 3.75. The van der Waals surface area contributed by atoms with E-state index >= 15 is 0 Å². The maximum absolute atomic E-state index is 12.4. The van der Waals surface area contributed by atoms with E-state index in [4.69, 9.17) is 43.7 Å². The maximum atomic E-state index is 12.4. The normalized spacial score (nSPS) is 31.3. The summed E-state index contributed by atoms with van der Waals surface area (Å²) >= 11 is 0. The van der Waals surface area contributed by atoms with Crippen molar-refractivity contribution in [2.75, 3.05) is 6.61 Å². The van der Waals surface area contributed by atoms with Gasteiger partial charge in [-0.15, -0.1) is 0 Å². The van der Waals surface area contributed by atoms with E-state index in [9.17, 15) is 14.4 Å². The minimum Gasteiger partial charge on any atom is -0.456 e. The molecule has 3 fully saturated rings. The Morgan fingerprint density at radius 1 is 0.537 bits per heavy atom. The summed E-state index contributed by atoms with van der Waals surface area (Å²) in [5.74, 6) is -1.05. The summed E-state index contributed by atoms with van der Waals surface area (Å²) in [5.41, 5.74) is 1.47. The van der Waals surface area contributed by atoms with Gasteiger partial charge in [-0.1, -0.05) is 82.3 Å². The van der Waals surface area contributed by atoms with Gasteiger partial charge in [-0.3, -0.25) is 0 Å². The minimum atomic E-state index is -0.944. The van der Waals surface area contributed by atoms with Crippen LogP contribution in [0.25, 0.3) is 0 Å². The molecule has 0 aromatic heterocycles. The van der Waals surface area contributed by atoms with Gasteiger partial charge in [0, 0.05) is 11.8 Å². The molecule has 12 heteroatoms. The van der Waals surface area contributed by atoms with Crippen molar-refractivity contribution in [2.24, 2.45) is 11.8 Å². The minimum absolute atomic E-state index is 0.0300. The number of aliphatic hydroxyl groups excluding tert-OH is 3. The van der Waals surface area contributed by atoms with E-state index in [0.717, 1.165) is 12.8 Å². The van der Waals surface area contributed by atoms with Crippen molar-refractivity contribution in [3.05, 3.63) is 108 Å². The van der Waals surface area contributed by atoms with Gasteiger partial charge in [0.25, 0.3) is 0 Å². The van der Waals surface area contributed by atoms with Gasteiger partial charge >= 0.3 is 17.9 Å². The van der Waals surface area contributed by atoms with Crippen molar-refractivity contribution in [3.63, 3.8) is 0 Å². The van der Waals surface area contributed by atoms with Crippen molar-refractivity contribution in [1.29, 1.82) is 0 Å². The van der Waals surface area contributed by atoms with Crippen LogP contribution in [0.1, 0.15) is 85.5 Å². The molecule has 0 aliphatic carbocycles. The molecule has 294 valence electrons. The van der Waals surface area contributed by atoms with E-state index in [1.54, 1.807) is 67.6 Å². The number of rotatable bonds is 9. The first-order valence-electron chi connectivity index (χ1n) is 18.6. The third kappa shape index (κ3) is 11.0. The summed E-state index contributed by atoms with van der Waals surface area (Å²) in [6.45, 7) is 11.5. The maximum Gasteiger partial charge on any atom is 0.340 e. The zero-order valence-electron chi connectivity index (χ0n) is 31.7. The van der Waals surface area contributed by atoms with Crippen LogP contribution in [0.3, 0.4) is 0 Å². The van der Waals surface area contributed by atoms with Crippen LogP contribution < -0.4 is 0 Å². The number of hydrogen-bond acceptors (Lipinski definition) is 12. The van der Waals surface area contributed by atoms with E-state index in [1.165, 1.54) is 0 Å². The van der Waals surface area contributed by atoms with Crippen LogP contribution in [-0.2, 0) is 28.4 Å². The van der Waals surface area contributed by atoms with Crippen LogP contribution in [0.2, 0.25) is 0 Å². The predicted molar refractivity (Wildman–Crippen MR) is 198 cm³/mol. The van der Waals surface area contributed by atoms with Crippen LogP contribution in [0, 0.1) is 11.8 Å². The summed E-state index contributed by atoms with van der Waals surface area (Å²) in [4.78, 5) is 36.8. The van der Waals surface area contributed by atoms with Gasteiger partial charge in [0.2, 0.25) is 6.29 Å². The SMILES string of the molecule is CC[C@@H]1OC(OC(=O)c2ccccc2)[C@@H](OC(=O)c2ccccc2)[C@H]1C.CC[C@@H]1O[C@H](C)[C@@H](OC(=O)c2ccccc2)[C@H]1C.C[C@H]1O[C@@H](CO)[C@H](O)[C@@H]1O. The van der Waals surface area contributed by atoms with Crippen LogP contribution in [-0.4, -0.2) is 101 Å². The molecule has 3 aromatic rings. The lowest BCUT2D eigenvalue weighted by molar-refractivity contribution is -0.136. The highest BCUT2D eigenvalue weighted by atomic mass is 16.7. The van der Waals surface area contributed by atoms with Crippen LogP contribution in [0.4, 0.5) is 0 Å². The molecular weight excluding hydrogens is 696 g/mol. The summed E-state index contributed by atoms with van der Waals surface area (Å²) in [7, 11) is 0. The lowest BCUT2D eigenvalue weighted by atomic mass is 9.97.